The Morgan fingerprint density at radius 1 is 0.886 bits per heavy atom. The zero-order chi connectivity index (χ0) is 26.0. The maximum atomic E-state index is 12.0. The predicted molar refractivity (Wildman–Crippen MR) is 138 cm³/mol. The van der Waals surface area contributed by atoms with E-state index in [1.54, 1.807) is 21.1 Å². The molecule has 0 spiro atoms. The first-order chi connectivity index (χ1) is 16.6. The minimum atomic E-state index is -4.29. The van der Waals surface area contributed by atoms with E-state index in [2.05, 4.69) is 6.92 Å². The highest BCUT2D eigenvalue weighted by Gasteiger charge is 2.30. The molecule has 1 aliphatic rings. The second kappa shape index (κ2) is 19.1. The number of unbranched alkanes of at least 4 members (excludes halogenated alkanes) is 14. The van der Waals surface area contributed by atoms with E-state index < -0.39 is 26.8 Å². The maximum Gasteiger partial charge on any atom is 0.472 e. The van der Waals surface area contributed by atoms with E-state index in [1.807, 2.05) is 0 Å². The highest BCUT2D eigenvalue weighted by Crippen LogP contribution is 2.43. The average Bonchev–Trinajstić information content (AvgIpc) is 3.26. The van der Waals surface area contributed by atoms with Crippen LogP contribution < -0.4 is 5.11 Å². The Morgan fingerprint density at radius 2 is 1.37 bits per heavy atom. The third kappa shape index (κ3) is 17.9. The molecule has 8 nitrogen and oxygen atoms in total. The summed E-state index contributed by atoms with van der Waals surface area (Å²) in [7, 11) is 0.816. The van der Waals surface area contributed by atoms with Crippen LogP contribution in [0, 0.1) is 0 Å². The number of hydrogen-bond acceptors (Lipinski definition) is 6. The molecule has 1 heterocycles. The van der Waals surface area contributed by atoms with Crippen molar-refractivity contribution in [1.29, 1.82) is 0 Å². The largest absolute Gasteiger partial charge is 0.804 e. The van der Waals surface area contributed by atoms with Crippen molar-refractivity contribution in [2.75, 3.05) is 41.0 Å². The number of phosphoric acid groups is 1. The fraction of sp³-hybridized carbons (Fsp3) is 1.00. The highest BCUT2D eigenvalue weighted by molar-refractivity contribution is 7.47. The Kier molecular flexibility index (Phi) is 18.0. The summed E-state index contributed by atoms with van der Waals surface area (Å²) >= 11 is 0. The molecule has 4 atom stereocenters. The summed E-state index contributed by atoms with van der Waals surface area (Å²) in [6.07, 6.45) is 19.0. The van der Waals surface area contributed by atoms with Crippen molar-refractivity contribution in [3.63, 3.8) is 0 Å². The number of hydrogen-bond donors (Lipinski definition) is 1. The van der Waals surface area contributed by atoms with Crippen LogP contribution in [-0.2, 0) is 23.1 Å². The summed E-state index contributed by atoms with van der Waals surface area (Å²) in [4.78, 5) is 9.78. The van der Waals surface area contributed by atoms with Gasteiger partial charge in [0.15, 0.2) is 6.29 Å². The van der Waals surface area contributed by atoms with E-state index in [1.165, 1.54) is 89.9 Å². The van der Waals surface area contributed by atoms with E-state index in [-0.39, 0.29) is 17.4 Å². The van der Waals surface area contributed by atoms with Crippen LogP contribution in [0.3, 0.4) is 0 Å². The highest BCUT2D eigenvalue weighted by atomic mass is 31.2. The van der Waals surface area contributed by atoms with Crippen LogP contribution in [0.5, 0.6) is 0 Å². The topological polar surface area (TPSA) is 97.3 Å². The van der Waals surface area contributed by atoms with Gasteiger partial charge >= 0.3 is 7.82 Å². The monoisotopic (exact) mass is 523 g/mol. The Bertz CT molecular complexity index is 558. The molecule has 0 aromatic carbocycles. The Hall–Kier alpha value is -0.0500. The molecule has 9 heteroatoms. The molecule has 1 aliphatic heterocycles. The zero-order valence-corrected chi connectivity index (χ0v) is 23.9. The van der Waals surface area contributed by atoms with E-state index >= 15 is 0 Å². The summed E-state index contributed by atoms with van der Waals surface area (Å²) < 4.78 is 33.3. The smallest absolute Gasteiger partial charge is 0.472 e. The van der Waals surface area contributed by atoms with Crippen molar-refractivity contribution in [3.05, 3.63) is 0 Å². The fourth-order valence-electron chi connectivity index (χ4n) is 4.03. The molecule has 0 saturated carbocycles. The van der Waals surface area contributed by atoms with Crippen molar-refractivity contribution in [3.8, 4) is 0 Å². The number of rotatable bonds is 23. The van der Waals surface area contributed by atoms with Gasteiger partial charge in [0.1, 0.15) is 6.10 Å². The minimum Gasteiger partial charge on any atom is -0.804 e. The number of nitrogens with zero attached hydrogens (tertiary/aromatic N) is 1. The summed E-state index contributed by atoms with van der Waals surface area (Å²) in [6.45, 7) is 2.09. The first-order valence-electron chi connectivity index (χ1n) is 14.0. The van der Waals surface area contributed by atoms with Crippen LogP contribution in [0.15, 0.2) is 0 Å². The van der Waals surface area contributed by atoms with Gasteiger partial charge in [-0.15, -0.1) is 0 Å². The third-order valence-electron chi connectivity index (χ3n) is 6.52. The maximum absolute atomic E-state index is 12.0. The lowest BCUT2D eigenvalue weighted by atomic mass is 10.0. The van der Waals surface area contributed by atoms with Gasteiger partial charge in [-0.25, -0.2) is 4.57 Å². The second-order valence-electron chi connectivity index (χ2n) is 10.9. The third-order valence-corrected chi connectivity index (χ3v) is 7.47. The zero-order valence-electron chi connectivity index (χ0n) is 23.0. The van der Waals surface area contributed by atoms with Crippen LogP contribution in [0.25, 0.3) is 0 Å². The van der Waals surface area contributed by atoms with E-state index in [0.29, 0.717) is 6.61 Å². The number of likely N-dealkylation sites (N-methyl/N-ethyl adjacent to an activating group) is 1. The summed E-state index contributed by atoms with van der Waals surface area (Å²) in [6, 6.07) is 0. The van der Waals surface area contributed by atoms with Crippen LogP contribution in [0.2, 0.25) is 0 Å². The van der Waals surface area contributed by atoms with Crippen molar-refractivity contribution in [1.82, 2.24) is 0 Å². The van der Waals surface area contributed by atoms with Gasteiger partial charge in [0.2, 0.25) is 0 Å². The fourth-order valence-corrected chi connectivity index (χ4v) is 4.77. The van der Waals surface area contributed by atoms with Crippen LogP contribution >= 0.6 is 7.82 Å². The predicted octanol–water partition coefficient (Wildman–Crippen LogP) is 5.52. The average molecular weight is 524 g/mol. The van der Waals surface area contributed by atoms with Gasteiger partial charge < -0.3 is 24.0 Å². The van der Waals surface area contributed by atoms with Gasteiger partial charge in [-0.2, -0.15) is 0 Å². The van der Waals surface area contributed by atoms with Gasteiger partial charge in [0.25, 0.3) is 0 Å². The van der Waals surface area contributed by atoms with Crippen molar-refractivity contribution < 1.29 is 37.6 Å². The Labute approximate surface area is 214 Å². The lowest BCUT2D eigenvalue weighted by Crippen LogP contribution is -2.55. The first kappa shape index (κ1) is 33.0. The van der Waals surface area contributed by atoms with Crippen LogP contribution in [-0.4, -0.2) is 69.0 Å². The SMILES string of the molecule is CCCCCCCCCCCCCCCCCC1OCC(COP(=O)(O)OCC([O-])[N+](C)(C)C)O1. The molecule has 1 rings (SSSR count). The molecule has 0 aromatic heterocycles. The molecule has 210 valence electrons. The molecule has 1 N–H and O–H groups in total. The first-order valence-corrected chi connectivity index (χ1v) is 15.5. The van der Waals surface area contributed by atoms with Gasteiger partial charge in [0, 0.05) is 6.23 Å². The number of phosphoric ester groups is 1. The molecule has 35 heavy (non-hydrogen) atoms. The minimum absolute atomic E-state index is 0.0839. The summed E-state index contributed by atoms with van der Waals surface area (Å²) in [5.74, 6) is 0. The Morgan fingerprint density at radius 3 is 1.86 bits per heavy atom. The second-order valence-corrected chi connectivity index (χ2v) is 12.3. The molecule has 1 fully saturated rings. The van der Waals surface area contributed by atoms with Gasteiger partial charge in [0.05, 0.1) is 41.0 Å². The normalized spacial score (nSPS) is 21.3. The molecule has 0 radical (unpaired) electrons. The van der Waals surface area contributed by atoms with Crippen molar-refractivity contribution in [2.24, 2.45) is 0 Å². The molecular weight excluding hydrogens is 469 g/mol. The number of ether oxygens (including phenoxy) is 2. The van der Waals surface area contributed by atoms with Gasteiger partial charge in [-0.1, -0.05) is 96.8 Å². The Balaban J connectivity index is 1.94. The molecule has 4 unspecified atom stereocenters. The van der Waals surface area contributed by atoms with Gasteiger partial charge in [-0.3, -0.25) is 9.05 Å². The molecule has 0 aliphatic carbocycles. The summed E-state index contributed by atoms with van der Waals surface area (Å²) in [5, 5.41) is 11.9. The molecule has 0 amide bonds. The quantitative estimate of drug-likeness (QED) is 0.0815. The van der Waals surface area contributed by atoms with Crippen molar-refractivity contribution >= 4 is 7.82 Å². The molecule has 1 saturated heterocycles. The molecule has 0 bridgehead atoms. The van der Waals surface area contributed by atoms with E-state index in [9.17, 15) is 14.6 Å². The molecular formula is C26H54NO7P. The van der Waals surface area contributed by atoms with Crippen LogP contribution in [0.4, 0.5) is 0 Å². The summed E-state index contributed by atoms with van der Waals surface area (Å²) in [5.41, 5.74) is 0. The lowest BCUT2D eigenvalue weighted by molar-refractivity contribution is -0.969. The van der Waals surface area contributed by atoms with E-state index in [0.717, 1.165) is 12.8 Å². The van der Waals surface area contributed by atoms with Crippen LogP contribution in [0.1, 0.15) is 110 Å². The van der Waals surface area contributed by atoms with Gasteiger partial charge in [-0.05, 0) is 12.8 Å². The molecule has 0 aromatic rings. The van der Waals surface area contributed by atoms with Crippen molar-refractivity contribution in [2.45, 2.75) is 128 Å². The standard InChI is InChI=1S/C26H54NO7P/c1-5-6-7-8-9-10-11-12-13-14-15-16-17-18-19-20-26-31-21-24(34-26)22-32-35(29,30)33-23-25(28)27(2,3)4/h24-26H,5-23H2,1-4H3,(H,29,30). The van der Waals surface area contributed by atoms with E-state index in [4.69, 9.17) is 18.5 Å². The lowest BCUT2D eigenvalue weighted by Gasteiger charge is -2.38. The number of quaternary nitrogens is 1.